The van der Waals surface area contributed by atoms with Crippen molar-refractivity contribution in [1.82, 2.24) is 5.48 Å². The van der Waals surface area contributed by atoms with Gasteiger partial charge in [-0.15, -0.1) is 0 Å². The Kier molecular flexibility index (Phi) is 8.20. The average Bonchev–Trinajstić information content (AvgIpc) is 2.40. The highest BCUT2D eigenvalue weighted by Gasteiger charge is 2.35. The Bertz CT molecular complexity index is 250. The molecule has 0 rings (SSSR count). The van der Waals surface area contributed by atoms with Crippen LogP contribution >= 0.6 is 0 Å². The van der Waals surface area contributed by atoms with Gasteiger partial charge in [-0.2, -0.15) is 5.48 Å². The molecular formula is C10H21NO7. The fourth-order valence-electron chi connectivity index (χ4n) is 1.21. The molecule has 0 saturated heterocycles. The molecule has 0 heterocycles. The molecule has 0 aliphatic carbocycles. The molecule has 5 atom stereocenters. The van der Waals surface area contributed by atoms with Crippen LogP contribution in [0.1, 0.15) is 13.8 Å². The molecule has 18 heavy (non-hydrogen) atoms. The number of hydrogen-bond donors (Lipinski definition) is 6. The summed E-state index contributed by atoms with van der Waals surface area (Å²) in [6, 6.07) is -0.895. The van der Waals surface area contributed by atoms with E-state index < -0.39 is 42.8 Å². The Morgan fingerprint density at radius 1 is 1.22 bits per heavy atom. The van der Waals surface area contributed by atoms with Crippen molar-refractivity contribution in [1.29, 1.82) is 0 Å². The summed E-state index contributed by atoms with van der Waals surface area (Å²) in [4.78, 5) is 16.4. The molecule has 0 amide bonds. The molecule has 0 aromatic rings. The second-order valence-corrected chi connectivity index (χ2v) is 3.85. The van der Waals surface area contributed by atoms with E-state index in [-0.39, 0.29) is 0 Å². The van der Waals surface area contributed by atoms with Crippen LogP contribution in [0.25, 0.3) is 0 Å². The first-order valence-electron chi connectivity index (χ1n) is 5.60. The summed E-state index contributed by atoms with van der Waals surface area (Å²) in [6.07, 6.45) is -7.26. The number of ketones is 1. The summed E-state index contributed by atoms with van der Waals surface area (Å²) in [7, 11) is 0. The summed E-state index contributed by atoms with van der Waals surface area (Å²) in [5.74, 6) is -0.805. The van der Waals surface area contributed by atoms with Gasteiger partial charge in [0, 0.05) is 0 Å². The standard InChI is InChI=1S/C10H21NO7/c1-3-18-11-5(2)7(14)9(16)10(17)8(15)6(13)4-12/h5-6,8-13,15-17H,3-4H2,1-2H3/t5?,6-,8-,9+,10+/m0/s1. The lowest BCUT2D eigenvalue weighted by molar-refractivity contribution is -0.151. The second kappa shape index (κ2) is 8.48. The molecular weight excluding hydrogens is 246 g/mol. The van der Waals surface area contributed by atoms with E-state index in [0.29, 0.717) is 6.61 Å². The molecule has 0 aliphatic heterocycles. The Morgan fingerprint density at radius 3 is 2.22 bits per heavy atom. The van der Waals surface area contributed by atoms with Crippen LogP contribution in [-0.2, 0) is 9.63 Å². The number of aliphatic hydroxyl groups is 5. The monoisotopic (exact) mass is 267 g/mol. The van der Waals surface area contributed by atoms with Crippen LogP contribution in [0, 0.1) is 0 Å². The van der Waals surface area contributed by atoms with Crippen LogP contribution in [0.3, 0.4) is 0 Å². The SMILES string of the molecule is CCONC(C)C(=O)[C@@H](O)[C@H](O)[C@@H](O)[C@@H](O)CO. The van der Waals surface area contributed by atoms with Gasteiger partial charge in [0.15, 0.2) is 5.78 Å². The quantitative estimate of drug-likeness (QED) is 0.242. The van der Waals surface area contributed by atoms with E-state index in [9.17, 15) is 20.1 Å². The van der Waals surface area contributed by atoms with Gasteiger partial charge in [0.05, 0.1) is 19.3 Å². The predicted molar refractivity (Wildman–Crippen MR) is 60.3 cm³/mol. The summed E-state index contributed by atoms with van der Waals surface area (Å²) < 4.78 is 0. The maximum absolute atomic E-state index is 11.6. The maximum Gasteiger partial charge on any atom is 0.182 e. The average molecular weight is 267 g/mol. The highest BCUT2D eigenvalue weighted by atomic mass is 16.6. The number of rotatable bonds is 9. The number of carbonyl (C=O) groups is 1. The zero-order valence-electron chi connectivity index (χ0n) is 10.4. The summed E-state index contributed by atoms with van der Waals surface area (Å²) in [5.41, 5.74) is 2.34. The minimum Gasteiger partial charge on any atom is -0.394 e. The molecule has 0 spiro atoms. The topological polar surface area (TPSA) is 139 Å². The van der Waals surface area contributed by atoms with Crippen LogP contribution in [-0.4, -0.2) is 75.0 Å². The highest BCUT2D eigenvalue weighted by molar-refractivity contribution is 5.88. The Balaban J connectivity index is 4.43. The van der Waals surface area contributed by atoms with Gasteiger partial charge in [-0.25, -0.2) is 0 Å². The van der Waals surface area contributed by atoms with Crippen molar-refractivity contribution in [3.8, 4) is 0 Å². The molecule has 108 valence electrons. The fraction of sp³-hybridized carbons (Fsp3) is 0.900. The van der Waals surface area contributed by atoms with E-state index >= 15 is 0 Å². The lowest BCUT2D eigenvalue weighted by atomic mass is 9.98. The molecule has 1 unspecified atom stereocenters. The lowest BCUT2D eigenvalue weighted by Crippen LogP contribution is -2.52. The van der Waals surface area contributed by atoms with Crippen molar-refractivity contribution in [2.24, 2.45) is 0 Å². The van der Waals surface area contributed by atoms with Crippen molar-refractivity contribution >= 4 is 5.78 Å². The third-order valence-corrected chi connectivity index (χ3v) is 2.38. The molecule has 0 aromatic carbocycles. The number of aliphatic hydroxyl groups excluding tert-OH is 5. The number of nitrogens with one attached hydrogen (secondary N) is 1. The van der Waals surface area contributed by atoms with Gasteiger partial charge < -0.3 is 30.4 Å². The van der Waals surface area contributed by atoms with Crippen LogP contribution in [0.15, 0.2) is 0 Å². The van der Waals surface area contributed by atoms with E-state index in [4.69, 9.17) is 15.1 Å². The number of hydroxylamine groups is 1. The Morgan fingerprint density at radius 2 is 1.78 bits per heavy atom. The number of carbonyl (C=O) groups excluding carboxylic acids is 1. The first-order chi connectivity index (χ1) is 8.36. The van der Waals surface area contributed by atoms with Crippen LogP contribution in [0.5, 0.6) is 0 Å². The van der Waals surface area contributed by atoms with Crippen molar-refractivity contribution in [2.45, 2.75) is 44.3 Å². The van der Waals surface area contributed by atoms with Gasteiger partial charge in [0.25, 0.3) is 0 Å². The van der Waals surface area contributed by atoms with Crippen LogP contribution in [0.4, 0.5) is 0 Å². The van der Waals surface area contributed by atoms with Crippen molar-refractivity contribution in [3.05, 3.63) is 0 Å². The van der Waals surface area contributed by atoms with E-state index in [1.165, 1.54) is 6.92 Å². The maximum atomic E-state index is 11.6. The van der Waals surface area contributed by atoms with E-state index in [1.807, 2.05) is 0 Å². The van der Waals surface area contributed by atoms with Gasteiger partial charge in [0.1, 0.15) is 24.4 Å². The van der Waals surface area contributed by atoms with Crippen molar-refractivity contribution in [2.75, 3.05) is 13.2 Å². The zero-order chi connectivity index (χ0) is 14.3. The highest BCUT2D eigenvalue weighted by Crippen LogP contribution is 2.07. The summed E-state index contributed by atoms with van der Waals surface area (Å²) in [5, 5.41) is 46.0. The van der Waals surface area contributed by atoms with Gasteiger partial charge in [-0.1, -0.05) is 0 Å². The van der Waals surface area contributed by atoms with E-state index in [0.717, 1.165) is 0 Å². The van der Waals surface area contributed by atoms with Gasteiger partial charge >= 0.3 is 0 Å². The van der Waals surface area contributed by atoms with Crippen molar-refractivity contribution < 1.29 is 35.2 Å². The molecule has 0 radical (unpaired) electrons. The van der Waals surface area contributed by atoms with Crippen molar-refractivity contribution in [3.63, 3.8) is 0 Å². The van der Waals surface area contributed by atoms with E-state index in [1.54, 1.807) is 6.92 Å². The summed E-state index contributed by atoms with van der Waals surface area (Å²) >= 11 is 0. The fourth-order valence-corrected chi connectivity index (χ4v) is 1.21. The number of hydrogen-bond acceptors (Lipinski definition) is 8. The zero-order valence-corrected chi connectivity index (χ0v) is 10.4. The number of Topliss-reactive ketones (excluding diaryl/α,β-unsaturated/α-hetero) is 1. The minimum absolute atomic E-state index is 0.308. The van der Waals surface area contributed by atoms with Gasteiger partial charge in [-0.05, 0) is 13.8 Å². The largest absolute Gasteiger partial charge is 0.394 e. The molecule has 8 nitrogen and oxygen atoms in total. The molecule has 0 aromatic heterocycles. The first-order valence-corrected chi connectivity index (χ1v) is 5.60. The second-order valence-electron chi connectivity index (χ2n) is 3.85. The Hall–Kier alpha value is -0.610. The minimum atomic E-state index is -1.90. The molecule has 0 aliphatic rings. The van der Waals surface area contributed by atoms with Crippen LogP contribution in [0.2, 0.25) is 0 Å². The van der Waals surface area contributed by atoms with Gasteiger partial charge in [-0.3, -0.25) is 4.79 Å². The predicted octanol–water partition coefficient (Wildman–Crippen LogP) is -3.08. The van der Waals surface area contributed by atoms with E-state index in [2.05, 4.69) is 5.48 Å². The van der Waals surface area contributed by atoms with Gasteiger partial charge in [0.2, 0.25) is 0 Å². The third kappa shape index (κ3) is 4.94. The summed E-state index contributed by atoms with van der Waals surface area (Å²) in [6.45, 7) is 2.60. The molecule has 0 saturated carbocycles. The molecule has 8 heteroatoms. The smallest absolute Gasteiger partial charge is 0.182 e. The Labute approximate surface area is 105 Å². The lowest BCUT2D eigenvalue weighted by Gasteiger charge is -2.26. The first kappa shape index (κ1) is 17.4. The third-order valence-electron chi connectivity index (χ3n) is 2.38. The normalized spacial score (nSPS) is 19.9. The molecule has 0 fully saturated rings. The molecule has 6 N–H and O–H groups in total. The van der Waals surface area contributed by atoms with Crippen LogP contribution < -0.4 is 5.48 Å². The molecule has 0 bridgehead atoms.